The van der Waals surface area contributed by atoms with Gasteiger partial charge in [-0.1, -0.05) is 13.0 Å². The quantitative estimate of drug-likeness (QED) is 0.500. The maximum atomic E-state index is 15.3. The molecule has 0 unspecified atom stereocenters. The second-order valence-electron chi connectivity index (χ2n) is 9.50. The van der Waals surface area contributed by atoms with E-state index in [0.29, 0.717) is 12.5 Å². The van der Waals surface area contributed by atoms with Gasteiger partial charge in [-0.15, -0.1) is 0 Å². The number of carbonyl (C=O) groups excluding carboxylic acids is 2. The molecule has 2 aromatic rings. The van der Waals surface area contributed by atoms with Gasteiger partial charge in [0.05, 0.1) is 13.7 Å². The maximum absolute atomic E-state index is 15.3. The third-order valence-corrected chi connectivity index (χ3v) is 7.03. The molecular weight excluding hydrogens is 498 g/mol. The van der Waals surface area contributed by atoms with Gasteiger partial charge in [-0.2, -0.15) is 17.6 Å². The number of rotatable bonds is 8. The first kappa shape index (κ1) is 26.6. The number of nitrogens with two attached hydrogens (primary N) is 1. The number of pyridine rings is 1. The van der Waals surface area contributed by atoms with Crippen molar-refractivity contribution in [1.82, 2.24) is 4.98 Å². The van der Waals surface area contributed by atoms with Gasteiger partial charge in [0.1, 0.15) is 11.8 Å². The lowest BCUT2D eigenvalue weighted by atomic mass is 9.77. The van der Waals surface area contributed by atoms with Gasteiger partial charge in [0, 0.05) is 29.3 Å². The van der Waals surface area contributed by atoms with Crippen molar-refractivity contribution >= 4 is 17.5 Å². The van der Waals surface area contributed by atoms with Crippen molar-refractivity contribution in [3.8, 4) is 11.5 Å². The van der Waals surface area contributed by atoms with Gasteiger partial charge in [-0.05, 0) is 43.9 Å². The zero-order valence-corrected chi connectivity index (χ0v) is 20.4. The molecule has 2 aliphatic rings. The van der Waals surface area contributed by atoms with E-state index in [9.17, 15) is 22.8 Å². The molecule has 1 aromatic heterocycles. The summed E-state index contributed by atoms with van der Waals surface area (Å²) in [7, 11) is 1.19. The number of amides is 2. The zero-order valence-electron chi connectivity index (χ0n) is 20.4. The molecule has 0 spiro atoms. The summed E-state index contributed by atoms with van der Waals surface area (Å²) < 4.78 is 74.0. The summed E-state index contributed by atoms with van der Waals surface area (Å²) in [4.78, 5) is 28.5. The van der Waals surface area contributed by atoms with Crippen LogP contribution in [0, 0.1) is 17.7 Å². The minimum absolute atomic E-state index is 0.0342. The number of benzene rings is 1. The van der Waals surface area contributed by atoms with E-state index in [4.69, 9.17) is 19.9 Å². The third kappa shape index (κ3) is 5.07. The molecule has 200 valence electrons. The molecular formula is C25H27F4N3O5. The van der Waals surface area contributed by atoms with Crippen LogP contribution in [0.15, 0.2) is 30.5 Å². The number of anilines is 1. The van der Waals surface area contributed by atoms with Gasteiger partial charge in [-0.3, -0.25) is 14.6 Å². The number of primary amides is 1. The molecule has 2 amide bonds. The van der Waals surface area contributed by atoms with E-state index in [1.54, 1.807) is 0 Å². The molecule has 8 nitrogen and oxygen atoms in total. The first-order valence-electron chi connectivity index (χ1n) is 11.7. The lowest BCUT2D eigenvalue weighted by molar-refractivity contribution is -0.272. The molecule has 1 aromatic carbocycles. The number of alkyl halides is 3. The molecule has 0 bridgehead atoms. The van der Waals surface area contributed by atoms with E-state index >= 15 is 4.39 Å². The van der Waals surface area contributed by atoms with Crippen molar-refractivity contribution in [2.24, 2.45) is 17.6 Å². The molecule has 1 aliphatic carbocycles. The second-order valence-corrected chi connectivity index (χ2v) is 9.50. The summed E-state index contributed by atoms with van der Waals surface area (Å²) in [6, 6.07) is 5.24. The average molecular weight is 525 g/mol. The number of nitrogens with zero attached hydrogens (tertiary/aromatic N) is 1. The number of hydrogen-bond donors (Lipinski definition) is 2. The molecule has 2 heterocycles. The highest BCUT2D eigenvalue weighted by Crippen LogP contribution is 2.55. The van der Waals surface area contributed by atoms with Gasteiger partial charge >= 0.3 is 6.18 Å². The van der Waals surface area contributed by atoms with Crippen molar-refractivity contribution < 1.29 is 41.4 Å². The number of halogens is 4. The Morgan fingerprint density at radius 1 is 1.27 bits per heavy atom. The number of carbonyl (C=O) groups is 2. The molecule has 12 heteroatoms. The molecule has 1 saturated heterocycles. The summed E-state index contributed by atoms with van der Waals surface area (Å²) in [6.45, 7) is 2.46. The smallest absolute Gasteiger partial charge is 0.417 e. The fourth-order valence-corrected chi connectivity index (χ4v) is 4.51. The van der Waals surface area contributed by atoms with Crippen molar-refractivity contribution in [2.75, 3.05) is 19.0 Å². The topological polar surface area (TPSA) is 113 Å². The van der Waals surface area contributed by atoms with Crippen LogP contribution < -0.4 is 20.5 Å². The molecule has 3 N–H and O–H groups in total. The largest absolute Gasteiger partial charge is 0.493 e. The average Bonchev–Trinajstić information content (AvgIpc) is 3.62. The highest BCUT2D eigenvalue weighted by Gasteiger charge is 2.66. The SMILES string of the molecule is COc1c([C@@H]2[C@@H](C(=O)Nc3ccnc(C(N)=O)c3)O[C@@](C)(C(F)(F)F)[C@H]2C)ccc(OCC2CC2)c1F. The van der Waals surface area contributed by atoms with Crippen LogP contribution in [0.5, 0.6) is 11.5 Å². The van der Waals surface area contributed by atoms with Crippen molar-refractivity contribution in [2.45, 2.75) is 50.5 Å². The van der Waals surface area contributed by atoms with Crippen LogP contribution in [0.25, 0.3) is 0 Å². The van der Waals surface area contributed by atoms with E-state index < -0.39 is 47.3 Å². The Balaban J connectivity index is 1.72. The predicted octanol–water partition coefficient (Wildman–Crippen LogP) is 4.20. The normalized spacial score (nSPS) is 25.5. The number of nitrogens with one attached hydrogen (secondary N) is 1. The summed E-state index contributed by atoms with van der Waals surface area (Å²) in [5.41, 5.74) is 2.45. The van der Waals surface area contributed by atoms with Gasteiger partial charge in [-0.25, -0.2) is 0 Å². The minimum atomic E-state index is -4.84. The predicted molar refractivity (Wildman–Crippen MR) is 124 cm³/mol. The first-order valence-corrected chi connectivity index (χ1v) is 11.7. The molecule has 37 heavy (non-hydrogen) atoms. The lowest BCUT2D eigenvalue weighted by Gasteiger charge is -2.32. The lowest BCUT2D eigenvalue weighted by Crippen LogP contribution is -2.47. The molecule has 4 rings (SSSR count). The molecule has 2 fully saturated rings. The second kappa shape index (κ2) is 9.81. The minimum Gasteiger partial charge on any atom is -0.493 e. The monoisotopic (exact) mass is 525 g/mol. The Morgan fingerprint density at radius 2 is 1.97 bits per heavy atom. The Morgan fingerprint density at radius 3 is 2.57 bits per heavy atom. The van der Waals surface area contributed by atoms with Crippen molar-refractivity contribution in [3.05, 3.63) is 47.5 Å². The zero-order chi connectivity index (χ0) is 27.1. The summed E-state index contributed by atoms with van der Waals surface area (Å²) in [5, 5.41) is 2.45. The van der Waals surface area contributed by atoms with Crippen LogP contribution in [0.1, 0.15) is 48.7 Å². The molecule has 1 saturated carbocycles. The first-order chi connectivity index (χ1) is 17.4. The number of aromatic nitrogens is 1. The van der Waals surface area contributed by atoms with E-state index in [0.717, 1.165) is 19.8 Å². The van der Waals surface area contributed by atoms with Gasteiger partial charge in [0.25, 0.3) is 11.8 Å². The molecule has 4 atom stereocenters. The molecule has 1 aliphatic heterocycles. The van der Waals surface area contributed by atoms with Crippen LogP contribution >= 0.6 is 0 Å². The van der Waals surface area contributed by atoms with E-state index in [2.05, 4.69) is 10.3 Å². The Hall–Kier alpha value is -3.41. The van der Waals surface area contributed by atoms with Crippen LogP contribution in [-0.4, -0.2) is 48.4 Å². The molecule has 0 radical (unpaired) electrons. The van der Waals surface area contributed by atoms with Gasteiger partial charge < -0.3 is 25.3 Å². The van der Waals surface area contributed by atoms with Gasteiger partial charge in [0.15, 0.2) is 17.1 Å². The highest BCUT2D eigenvalue weighted by atomic mass is 19.4. The van der Waals surface area contributed by atoms with Crippen LogP contribution in [0.4, 0.5) is 23.2 Å². The summed E-state index contributed by atoms with van der Waals surface area (Å²) in [5.74, 6) is -5.27. The van der Waals surface area contributed by atoms with Crippen molar-refractivity contribution in [1.29, 1.82) is 0 Å². The standard InChI is InChI=1S/C25H27F4N3O5/c1-12-18(15-6-7-17(19(26)20(15)35-3)36-11-13-4-5-13)21(37-24(12,2)25(27,28)29)23(34)32-14-8-9-31-16(10-14)22(30)33/h6-10,12-13,18,21H,4-5,11H2,1-3H3,(H2,30,33)(H,31,32,34)/t12-,18+,21-,24+/m0/s1. The van der Waals surface area contributed by atoms with Gasteiger partial charge in [0.2, 0.25) is 5.82 Å². The van der Waals surface area contributed by atoms with E-state index in [-0.39, 0.29) is 28.4 Å². The summed E-state index contributed by atoms with van der Waals surface area (Å²) in [6.07, 6.45) is -3.34. The van der Waals surface area contributed by atoms with Crippen LogP contribution in [-0.2, 0) is 9.53 Å². The van der Waals surface area contributed by atoms with Crippen LogP contribution in [0.2, 0.25) is 0 Å². The number of methoxy groups -OCH3 is 1. The Labute approximate surface area is 210 Å². The number of ether oxygens (including phenoxy) is 3. The third-order valence-electron chi connectivity index (χ3n) is 7.03. The highest BCUT2D eigenvalue weighted by molar-refractivity contribution is 5.97. The Kier molecular flexibility index (Phi) is 7.06. The van der Waals surface area contributed by atoms with E-state index in [1.807, 2.05) is 0 Å². The van der Waals surface area contributed by atoms with E-state index in [1.165, 1.54) is 44.5 Å². The van der Waals surface area contributed by atoms with Crippen molar-refractivity contribution in [3.63, 3.8) is 0 Å². The fraction of sp³-hybridized carbons (Fsp3) is 0.480. The Bertz CT molecular complexity index is 1200. The number of hydrogen-bond acceptors (Lipinski definition) is 6. The van der Waals surface area contributed by atoms with Crippen LogP contribution in [0.3, 0.4) is 0 Å². The summed E-state index contributed by atoms with van der Waals surface area (Å²) >= 11 is 0. The fourth-order valence-electron chi connectivity index (χ4n) is 4.51. The maximum Gasteiger partial charge on any atom is 0.417 e.